The summed E-state index contributed by atoms with van der Waals surface area (Å²) in [6.45, 7) is 2.19. The first-order chi connectivity index (χ1) is 15.1. The van der Waals surface area contributed by atoms with Crippen molar-refractivity contribution < 1.29 is 14.3 Å². The Morgan fingerprint density at radius 3 is 2.45 bits per heavy atom. The molecule has 3 rings (SSSR count). The molecule has 0 saturated carbocycles. The lowest BCUT2D eigenvalue weighted by Crippen LogP contribution is -2.35. The number of hydrogen-bond donors (Lipinski definition) is 2. The summed E-state index contributed by atoms with van der Waals surface area (Å²) in [5.41, 5.74) is 5.13. The minimum Gasteiger partial charge on any atom is -0.495 e. The highest BCUT2D eigenvalue weighted by Crippen LogP contribution is 2.23. The molecular weight excluding hydrogens is 458 g/mol. The lowest BCUT2D eigenvalue weighted by atomic mass is 10.2. The zero-order chi connectivity index (χ0) is 22.1. The largest absolute Gasteiger partial charge is 0.495 e. The van der Waals surface area contributed by atoms with Crippen LogP contribution in [0.25, 0.3) is 0 Å². The van der Waals surface area contributed by atoms with Crippen LogP contribution in [0.2, 0.25) is 0 Å². The highest BCUT2D eigenvalue weighted by atomic mass is 79.9. The van der Waals surface area contributed by atoms with Crippen molar-refractivity contribution in [3.8, 4) is 11.5 Å². The topological polar surface area (TPSA) is 72.0 Å². The van der Waals surface area contributed by atoms with Gasteiger partial charge in [-0.15, -0.1) is 0 Å². The number of carbonyl (C=O) groups is 1. The average Bonchev–Trinajstić information content (AvgIpc) is 2.79. The number of halogens is 1. The van der Waals surface area contributed by atoms with Gasteiger partial charge >= 0.3 is 0 Å². The minimum absolute atomic E-state index is 0.268. The summed E-state index contributed by atoms with van der Waals surface area (Å²) in [6.07, 6.45) is 1.57. The molecule has 0 saturated heterocycles. The molecule has 1 atom stereocenters. The lowest BCUT2D eigenvalue weighted by molar-refractivity contribution is -0.121. The first-order valence-corrected chi connectivity index (χ1v) is 10.5. The molecule has 1 amide bonds. The van der Waals surface area contributed by atoms with Crippen molar-refractivity contribution >= 4 is 33.7 Å². The van der Waals surface area contributed by atoms with Gasteiger partial charge in [-0.1, -0.05) is 52.3 Å². The van der Waals surface area contributed by atoms with E-state index in [2.05, 4.69) is 31.8 Å². The van der Waals surface area contributed by atoms with Crippen molar-refractivity contribution in [1.82, 2.24) is 5.43 Å². The Labute approximate surface area is 190 Å². The summed E-state index contributed by atoms with van der Waals surface area (Å²) < 4.78 is 12.2. The molecule has 3 aromatic rings. The van der Waals surface area contributed by atoms with E-state index in [1.54, 1.807) is 20.2 Å². The molecule has 0 bridgehead atoms. The molecule has 0 radical (unpaired) electrons. The van der Waals surface area contributed by atoms with E-state index in [0.29, 0.717) is 18.1 Å². The van der Waals surface area contributed by atoms with E-state index < -0.39 is 6.04 Å². The standard InChI is InChI=1S/C24H24BrN3O3/c1-17(27-21-8-4-6-10-23(21)30-2)24(29)28-26-15-19-7-3-5-9-22(19)31-16-18-11-13-20(25)14-12-18/h3-15,17,27H,16H2,1-2H3,(H,28,29)/t17-/m1/s1. The molecule has 2 N–H and O–H groups in total. The fourth-order valence-electron chi connectivity index (χ4n) is 2.79. The number of methoxy groups -OCH3 is 1. The van der Waals surface area contributed by atoms with Gasteiger partial charge < -0.3 is 14.8 Å². The third kappa shape index (κ3) is 6.58. The van der Waals surface area contributed by atoms with E-state index in [0.717, 1.165) is 21.3 Å². The number of hydrogen-bond acceptors (Lipinski definition) is 5. The first kappa shape index (κ1) is 22.4. The van der Waals surface area contributed by atoms with Crippen LogP contribution in [-0.4, -0.2) is 25.3 Å². The minimum atomic E-state index is -0.502. The van der Waals surface area contributed by atoms with Crippen LogP contribution in [0.4, 0.5) is 5.69 Å². The second kappa shape index (κ2) is 11.2. The van der Waals surface area contributed by atoms with Crippen molar-refractivity contribution in [2.45, 2.75) is 19.6 Å². The molecule has 0 aromatic heterocycles. The highest BCUT2D eigenvalue weighted by Gasteiger charge is 2.13. The second-order valence-electron chi connectivity index (χ2n) is 6.75. The molecular formula is C24H24BrN3O3. The van der Waals surface area contributed by atoms with Gasteiger partial charge in [0.25, 0.3) is 5.91 Å². The van der Waals surface area contributed by atoms with Gasteiger partial charge in [0.15, 0.2) is 0 Å². The van der Waals surface area contributed by atoms with Crippen LogP contribution < -0.4 is 20.2 Å². The molecule has 0 fully saturated rings. The number of amides is 1. The Kier molecular flexibility index (Phi) is 8.06. The molecule has 0 unspecified atom stereocenters. The van der Waals surface area contributed by atoms with Crippen LogP contribution in [0.1, 0.15) is 18.1 Å². The van der Waals surface area contributed by atoms with Gasteiger partial charge in [-0.25, -0.2) is 5.43 Å². The smallest absolute Gasteiger partial charge is 0.262 e. The number of nitrogens with zero attached hydrogens (tertiary/aromatic N) is 1. The van der Waals surface area contributed by atoms with Gasteiger partial charge in [0, 0.05) is 10.0 Å². The molecule has 3 aromatic carbocycles. The van der Waals surface area contributed by atoms with E-state index in [4.69, 9.17) is 9.47 Å². The summed E-state index contributed by atoms with van der Waals surface area (Å²) >= 11 is 3.43. The van der Waals surface area contributed by atoms with Crippen molar-refractivity contribution in [2.24, 2.45) is 5.10 Å². The van der Waals surface area contributed by atoms with Crippen molar-refractivity contribution in [3.05, 3.63) is 88.4 Å². The highest BCUT2D eigenvalue weighted by molar-refractivity contribution is 9.10. The molecule has 0 spiro atoms. The van der Waals surface area contributed by atoms with Gasteiger partial charge in [0.05, 0.1) is 19.0 Å². The van der Waals surface area contributed by atoms with Crippen LogP contribution in [0.5, 0.6) is 11.5 Å². The van der Waals surface area contributed by atoms with Gasteiger partial charge in [0.1, 0.15) is 24.1 Å². The molecule has 160 valence electrons. The fourth-order valence-corrected chi connectivity index (χ4v) is 3.05. The maximum Gasteiger partial charge on any atom is 0.262 e. The second-order valence-corrected chi connectivity index (χ2v) is 7.67. The van der Waals surface area contributed by atoms with E-state index in [1.165, 1.54) is 0 Å². The maximum absolute atomic E-state index is 12.4. The Balaban J connectivity index is 1.57. The van der Waals surface area contributed by atoms with Gasteiger partial charge in [0.2, 0.25) is 0 Å². The maximum atomic E-state index is 12.4. The number of nitrogens with one attached hydrogen (secondary N) is 2. The van der Waals surface area contributed by atoms with Crippen molar-refractivity contribution in [3.63, 3.8) is 0 Å². The fraction of sp³-hybridized carbons (Fsp3) is 0.167. The number of hydrazone groups is 1. The summed E-state index contributed by atoms with van der Waals surface area (Å²) in [5.74, 6) is 1.08. The quantitative estimate of drug-likeness (QED) is 0.333. The predicted octanol–water partition coefficient (Wildman–Crippen LogP) is 4.99. The summed E-state index contributed by atoms with van der Waals surface area (Å²) in [5, 5.41) is 7.22. The summed E-state index contributed by atoms with van der Waals surface area (Å²) in [6, 6.07) is 22.4. The number of rotatable bonds is 9. The summed E-state index contributed by atoms with van der Waals surface area (Å²) in [7, 11) is 1.59. The number of para-hydroxylation sites is 3. The average molecular weight is 482 g/mol. The SMILES string of the molecule is COc1ccccc1N[C@H](C)C(=O)NN=Cc1ccccc1OCc1ccc(Br)cc1. The van der Waals surface area contributed by atoms with Gasteiger partial charge in [-0.3, -0.25) is 4.79 Å². The number of anilines is 1. The number of carbonyl (C=O) groups excluding carboxylic acids is 1. The van der Waals surface area contributed by atoms with E-state index in [1.807, 2.05) is 72.8 Å². The first-order valence-electron chi connectivity index (χ1n) is 9.75. The third-order valence-corrected chi connectivity index (χ3v) is 5.01. The van der Waals surface area contributed by atoms with Crippen molar-refractivity contribution in [1.29, 1.82) is 0 Å². The van der Waals surface area contributed by atoms with E-state index in [-0.39, 0.29) is 5.91 Å². The zero-order valence-corrected chi connectivity index (χ0v) is 18.9. The molecule has 31 heavy (non-hydrogen) atoms. The summed E-state index contributed by atoms with van der Waals surface area (Å²) in [4.78, 5) is 12.4. The van der Waals surface area contributed by atoms with Crippen LogP contribution in [-0.2, 0) is 11.4 Å². The Morgan fingerprint density at radius 2 is 1.71 bits per heavy atom. The Morgan fingerprint density at radius 1 is 1.03 bits per heavy atom. The normalized spacial score (nSPS) is 11.7. The van der Waals surface area contributed by atoms with Crippen molar-refractivity contribution in [2.75, 3.05) is 12.4 Å². The van der Waals surface area contributed by atoms with Crippen LogP contribution in [0.15, 0.2) is 82.4 Å². The predicted molar refractivity (Wildman–Crippen MR) is 127 cm³/mol. The van der Waals surface area contributed by atoms with Gasteiger partial charge in [-0.2, -0.15) is 5.10 Å². The molecule has 0 heterocycles. The third-order valence-electron chi connectivity index (χ3n) is 4.48. The molecule has 0 aliphatic heterocycles. The van der Waals surface area contributed by atoms with Gasteiger partial charge in [-0.05, 0) is 48.9 Å². The monoisotopic (exact) mass is 481 g/mol. The Hall–Kier alpha value is -3.32. The molecule has 0 aliphatic carbocycles. The number of benzene rings is 3. The molecule has 0 aliphatic rings. The number of ether oxygens (including phenoxy) is 2. The van der Waals surface area contributed by atoms with E-state index >= 15 is 0 Å². The van der Waals surface area contributed by atoms with Crippen LogP contribution >= 0.6 is 15.9 Å². The molecule has 7 heteroatoms. The zero-order valence-electron chi connectivity index (χ0n) is 17.3. The Bertz CT molecular complexity index is 1040. The lowest BCUT2D eigenvalue weighted by Gasteiger charge is -2.15. The van der Waals surface area contributed by atoms with E-state index in [9.17, 15) is 4.79 Å². The molecule has 6 nitrogen and oxygen atoms in total. The van der Waals surface area contributed by atoms with Crippen LogP contribution in [0, 0.1) is 0 Å². The van der Waals surface area contributed by atoms with Crippen LogP contribution in [0.3, 0.4) is 0 Å².